The van der Waals surface area contributed by atoms with Gasteiger partial charge < -0.3 is 14.9 Å². The molecule has 0 aliphatic carbocycles. The molecule has 0 spiro atoms. The van der Waals surface area contributed by atoms with Gasteiger partial charge in [-0.2, -0.15) is 0 Å². The first-order valence-electron chi connectivity index (χ1n) is 7.79. The number of aliphatic hydroxyl groups excluding tert-OH is 1. The highest BCUT2D eigenvalue weighted by atomic mass is 16.3. The molecule has 106 valence electrons. The van der Waals surface area contributed by atoms with Crippen LogP contribution in [-0.2, 0) is 0 Å². The van der Waals surface area contributed by atoms with Gasteiger partial charge in [0.1, 0.15) is 0 Å². The molecule has 0 bridgehead atoms. The third kappa shape index (κ3) is 3.94. The quantitative estimate of drug-likeness (QED) is 0.814. The second kappa shape index (κ2) is 6.88. The van der Waals surface area contributed by atoms with Crippen molar-refractivity contribution in [1.82, 2.24) is 9.80 Å². The van der Waals surface area contributed by atoms with E-state index in [2.05, 4.69) is 16.8 Å². The first-order chi connectivity index (χ1) is 8.66. The van der Waals surface area contributed by atoms with Gasteiger partial charge in [-0.15, -0.1) is 0 Å². The monoisotopic (exact) mass is 254 g/mol. The second-order valence-electron chi connectivity index (χ2n) is 6.34. The van der Waals surface area contributed by atoms with Gasteiger partial charge in [0, 0.05) is 12.1 Å². The Bertz CT molecular complexity index is 245. The van der Waals surface area contributed by atoms with Gasteiger partial charge in [-0.25, -0.2) is 0 Å². The fraction of sp³-hybridized carbons (Fsp3) is 1.00. The summed E-state index contributed by atoms with van der Waals surface area (Å²) in [5.41, 5.74) is 0. The Balaban J connectivity index is 1.74. The lowest BCUT2D eigenvalue weighted by Gasteiger charge is -2.34. The summed E-state index contributed by atoms with van der Waals surface area (Å²) in [6, 6.07) is 1.44. The van der Waals surface area contributed by atoms with E-state index in [-0.39, 0.29) is 6.10 Å². The van der Waals surface area contributed by atoms with Crippen LogP contribution in [0.1, 0.15) is 51.9 Å². The molecule has 3 heteroatoms. The Morgan fingerprint density at radius 1 is 1.11 bits per heavy atom. The smallest absolute Gasteiger partial charge is 0.0527 e. The average Bonchev–Trinajstić information content (AvgIpc) is 2.75. The zero-order valence-corrected chi connectivity index (χ0v) is 12.1. The van der Waals surface area contributed by atoms with Gasteiger partial charge in [0.25, 0.3) is 0 Å². The molecular weight excluding hydrogens is 224 g/mol. The van der Waals surface area contributed by atoms with Crippen molar-refractivity contribution in [2.24, 2.45) is 0 Å². The highest BCUT2D eigenvalue weighted by molar-refractivity contribution is 4.83. The Kier molecular flexibility index (Phi) is 5.46. The zero-order valence-electron chi connectivity index (χ0n) is 12.1. The Morgan fingerprint density at radius 3 is 2.61 bits per heavy atom. The molecule has 0 saturated carbocycles. The lowest BCUT2D eigenvalue weighted by Crippen LogP contribution is -2.40. The summed E-state index contributed by atoms with van der Waals surface area (Å²) >= 11 is 0. The maximum atomic E-state index is 9.55. The first kappa shape index (κ1) is 14.3. The fourth-order valence-electron chi connectivity index (χ4n) is 3.67. The third-order valence-electron chi connectivity index (χ3n) is 4.78. The molecule has 2 saturated heterocycles. The maximum absolute atomic E-state index is 9.55. The van der Waals surface area contributed by atoms with Crippen LogP contribution >= 0.6 is 0 Å². The van der Waals surface area contributed by atoms with Crippen molar-refractivity contribution in [3.63, 3.8) is 0 Å². The Hall–Kier alpha value is -0.120. The van der Waals surface area contributed by atoms with E-state index < -0.39 is 0 Å². The molecule has 1 N–H and O–H groups in total. The van der Waals surface area contributed by atoms with Crippen molar-refractivity contribution in [3.8, 4) is 0 Å². The molecule has 0 amide bonds. The van der Waals surface area contributed by atoms with E-state index in [1.807, 2.05) is 6.92 Å². The number of aliphatic hydroxyl groups is 1. The molecule has 18 heavy (non-hydrogen) atoms. The largest absolute Gasteiger partial charge is 0.393 e. The number of likely N-dealkylation sites (tertiary alicyclic amines) is 2. The first-order valence-corrected chi connectivity index (χ1v) is 7.79. The van der Waals surface area contributed by atoms with Crippen LogP contribution < -0.4 is 0 Å². The van der Waals surface area contributed by atoms with Crippen LogP contribution in [0.15, 0.2) is 0 Å². The standard InChI is InChI=1S/C15H30N2O/c1-13(18)12-15-7-5-10-17(15)11-8-14-6-3-4-9-16(14)2/h13-15,18H,3-12H2,1-2H3. The highest BCUT2D eigenvalue weighted by Crippen LogP contribution is 2.24. The minimum atomic E-state index is -0.145. The van der Waals surface area contributed by atoms with Gasteiger partial charge in [0.15, 0.2) is 0 Å². The summed E-state index contributed by atoms with van der Waals surface area (Å²) in [6.07, 6.45) is 8.89. The lowest BCUT2D eigenvalue weighted by atomic mass is 9.99. The topological polar surface area (TPSA) is 26.7 Å². The predicted molar refractivity (Wildman–Crippen MR) is 75.8 cm³/mol. The van der Waals surface area contributed by atoms with Gasteiger partial charge in [0.05, 0.1) is 6.10 Å². The van der Waals surface area contributed by atoms with E-state index in [0.29, 0.717) is 6.04 Å². The van der Waals surface area contributed by atoms with E-state index in [1.165, 1.54) is 58.2 Å². The van der Waals surface area contributed by atoms with Gasteiger partial charge in [-0.1, -0.05) is 6.42 Å². The van der Waals surface area contributed by atoms with Gasteiger partial charge >= 0.3 is 0 Å². The number of nitrogens with zero attached hydrogens (tertiary/aromatic N) is 2. The SMILES string of the molecule is CC(O)CC1CCCN1CCC1CCCCN1C. The van der Waals surface area contributed by atoms with Crippen molar-refractivity contribution in [3.05, 3.63) is 0 Å². The zero-order chi connectivity index (χ0) is 13.0. The lowest BCUT2D eigenvalue weighted by molar-refractivity contribution is 0.117. The van der Waals surface area contributed by atoms with Crippen LogP contribution in [0, 0.1) is 0 Å². The summed E-state index contributed by atoms with van der Waals surface area (Å²) in [6.45, 7) is 5.67. The van der Waals surface area contributed by atoms with Gasteiger partial charge in [0.2, 0.25) is 0 Å². The van der Waals surface area contributed by atoms with Crippen LogP contribution in [-0.4, -0.2) is 59.8 Å². The summed E-state index contributed by atoms with van der Waals surface area (Å²) in [5, 5.41) is 9.55. The van der Waals surface area contributed by atoms with Crippen LogP contribution in [0.2, 0.25) is 0 Å². The molecule has 0 radical (unpaired) electrons. The molecule has 2 fully saturated rings. The highest BCUT2D eigenvalue weighted by Gasteiger charge is 2.27. The summed E-state index contributed by atoms with van der Waals surface area (Å²) in [5.74, 6) is 0. The Morgan fingerprint density at radius 2 is 1.89 bits per heavy atom. The van der Waals surface area contributed by atoms with Crippen molar-refractivity contribution in [2.75, 3.05) is 26.7 Å². The molecule has 0 aromatic heterocycles. The Labute approximate surface area is 112 Å². The maximum Gasteiger partial charge on any atom is 0.0527 e. The van der Waals surface area contributed by atoms with Crippen molar-refractivity contribution < 1.29 is 5.11 Å². The van der Waals surface area contributed by atoms with Crippen molar-refractivity contribution in [1.29, 1.82) is 0 Å². The molecule has 0 aromatic rings. The normalized spacial score (nSPS) is 32.8. The van der Waals surface area contributed by atoms with Gasteiger partial charge in [-0.3, -0.25) is 0 Å². The minimum absolute atomic E-state index is 0.145. The molecule has 2 aliphatic heterocycles. The number of piperidine rings is 1. The van der Waals surface area contributed by atoms with Crippen LogP contribution in [0.5, 0.6) is 0 Å². The van der Waals surface area contributed by atoms with Gasteiger partial charge in [-0.05, 0) is 72.1 Å². The molecular formula is C15H30N2O. The number of hydrogen-bond acceptors (Lipinski definition) is 3. The summed E-state index contributed by atoms with van der Waals surface area (Å²) in [7, 11) is 2.28. The molecule has 0 aromatic carbocycles. The predicted octanol–water partition coefficient (Wildman–Crippen LogP) is 2.10. The number of hydrogen-bond donors (Lipinski definition) is 1. The van der Waals surface area contributed by atoms with Crippen molar-refractivity contribution >= 4 is 0 Å². The van der Waals surface area contributed by atoms with Crippen LogP contribution in [0.25, 0.3) is 0 Å². The van der Waals surface area contributed by atoms with Crippen LogP contribution in [0.4, 0.5) is 0 Å². The number of rotatable bonds is 5. The van der Waals surface area contributed by atoms with E-state index in [9.17, 15) is 5.11 Å². The summed E-state index contributed by atoms with van der Waals surface area (Å²) < 4.78 is 0. The second-order valence-corrected chi connectivity index (χ2v) is 6.34. The van der Waals surface area contributed by atoms with E-state index in [1.54, 1.807) is 0 Å². The van der Waals surface area contributed by atoms with Crippen LogP contribution in [0.3, 0.4) is 0 Å². The van der Waals surface area contributed by atoms with E-state index in [4.69, 9.17) is 0 Å². The fourth-order valence-corrected chi connectivity index (χ4v) is 3.67. The van der Waals surface area contributed by atoms with Crippen molar-refractivity contribution in [2.45, 2.75) is 70.1 Å². The average molecular weight is 254 g/mol. The van der Waals surface area contributed by atoms with E-state index >= 15 is 0 Å². The van der Waals surface area contributed by atoms with E-state index in [0.717, 1.165) is 12.5 Å². The summed E-state index contributed by atoms with van der Waals surface area (Å²) in [4.78, 5) is 5.17. The minimum Gasteiger partial charge on any atom is -0.393 e. The third-order valence-corrected chi connectivity index (χ3v) is 4.78. The molecule has 3 atom stereocenters. The molecule has 2 heterocycles. The molecule has 2 rings (SSSR count). The molecule has 3 nitrogen and oxygen atoms in total. The molecule has 2 aliphatic rings. The molecule has 3 unspecified atom stereocenters.